The molecule has 1 fully saturated rings. The molecule has 1 aliphatic heterocycles. The zero-order valence-corrected chi connectivity index (χ0v) is 10.2. The molecule has 0 N–H and O–H groups in total. The Labute approximate surface area is 96.5 Å². The second-order valence-corrected chi connectivity index (χ2v) is 4.71. The molecular formula is C12H20N2O2. The average Bonchev–Trinajstić information content (AvgIpc) is 2.83. The average molecular weight is 224 g/mol. The van der Waals surface area contributed by atoms with Gasteiger partial charge in [0.25, 0.3) is 0 Å². The maximum absolute atomic E-state index is 5.69. The highest BCUT2D eigenvalue weighted by molar-refractivity contribution is 5.12. The Morgan fingerprint density at radius 1 is 1.56 bits per heavy atom. The maximum atomic E-state index is 5.69. The summed E-state index contributed by atoms with van der Waals surface area (Å²) in [5.74, 6) is 0.830. The van der Waals surface area contributed by atoms with Gasteiger partial charge >= 0.3 is 0 Å². The molecule has 1 aliphatic rings. The Balaban J connectivity index is 1.80. The number of nitrogens with zero attached hydrogens (tertiary/aromatic N) is 2. The van der Waals surface area contributed by atoms with E-state index in [4.69, 9.17) is 9.47 Å². The lowest BCUT2D eigenvalue weighted by Crippen LogP contribution is -2.17. The van der Waals surface area contributed by atoms with Gasteiger partial charge in [0.2, 0.25) is 0 Å². The first-order valence-corrected chi connectivity index (χ1v) is 5.97. The van der Waals surface area contributed by atoms with Gasteiger partial charge in [0.15, 0.2) is 5.75 Å². The second kappa shape index (κ2) is 4.87. The zero-order chi connectivity index (χ0) is 11.5. The molecule has 1 aromatic rings. The van der Waals surface area contributed by atoms with Gasteiger partial charge in [-0.25, -0.2) is 0 Å². The molecule has 0 amide bonds. The fraction of sp³-hybridized carbons (Fsp3) is 0.750. The molecule has 1 saturated heterocycles. The fourth-order valence-electron chi connectivity index (χ4n) is 1.87. The van der Waals surface area contributed by atoms with Crippen molar-refractivity contribution in [1.82, 2.24) is 9.78 Å². The van der Waals surface area contributed by atoms with Crippen LogP contribution < -0.4 is 4.74 Å². The highest BCUT2D eigenvalue weighted by Gasteiger charge is 2.22. The second-order valence-electron chi connectivity index (χ2n) is 4.71. The summed E-state index contributed by atoms with van der Waals surface area (Å²) in [7, 11) is 0. The number of aromatic nitrogens is 2. The van der Waals surface area contributed by atoms with Crippen molar-refractivity contribution in [2.75, 3.05) is 6.61 Å². The molecule has 4 nitrogen and oxygen atoms in total. The van der Waals surface area contributed by atoms with E-state index >= 15 is 0 Å². The van der Waals surface area contributed by atoms with Gasteiger partial charge in [0, 0.05) is 6.04 Å². The molecule has 1 aromatic heterocycles. The van der Waals surface area contributed by atoms with Crippen molar-refractivity contribution in [2.24, 2.45) is 0 Å². The van der Waals surface area contributed by atoms with Gasteiger partial charge in [0.05, 0.1) is 24.6 Å². The molecule has 2 unspecified atom stereocenters. The van der Waals surface area contributed by atoms with E-state index in [0.717, 1.165) is 18.6 Å². The minimum absolute atomic E-state index is 0.248. The Morgan fingerprint density at radius 3 is 2.94 bits per heavy atom. The Morgan fingerprint density at radius 2 is 2.38 bits per heavy atom. The van der Waals surface area contributed by atoms with Crippen molar-refractivity contribution >= 4 is 0 Å². The van der Waals surface area contributed by atoms with Crippen LogP contribution in [0.15, 0.2) is 12.4 Å². The lowest BCUT2D eigenvalue weighted by molar-refractivity contribution is 0.0264. The van der Waals surface area contributed by atoms with E-state index in [1.54, 1.807) is 6.20 Å². The van der Waals surface area contributed by atoms with Gasteiger partial charge in [-0.1, -0.05) is 0 Å². The van der Waals surface area contributed by atoms with E-state index in [0.29, 0.717) is 18.8 Å². The number of ether oxygens (including phenoxy) is 2. The quantitative estimate of drug-likeness (QED) is 0.788. The van der Waals surface area contributed by atoms with Crippen LogP contribution in [-0.4, -0.2) is 28.6 Å². The SMILES string of the molecule is CC1CCC(COc2cnn(C(C)C)c2)O1. The lowest BCUT2D eigenvalue weighted by atomic mass is 10.2. The first-order chi connectivity index (χ1) is 7.65. The van der Waals surface area contributed by atoms with Crippen LogP contribution in [-0.2, 0) is 4.74 Å². The van der Waals surface area contributed by atoms with E-state index in [1.807, 2.05) is 10.9 Å². The first kappa shape index (κ1) is 11.5. The molecule has 0 saturated carbocycles. The Hall–Kier alpha value is -1.03. The molecule has 2 atom stereocenters. The molecule has 0 spiro atoms. The molecule has 2 rings (SSSR count). The van der Waals surface area contributed by atoms with E-state index in [9.17, 15) is 0 Å². The molecule has 2 heterocycles. The molecule has 16 heavy (non-hydrogen) atoms. The van der Waals surface area contributed by atoms with Crippen LogP contribution in [0.25, 0.3) is 0 Å². The zero-order valence-electron chi connectivity index (χ0n) is 10.2. The van der Waals surface area contributed by atoms with E-state index in [1.165, 1.54) is 0 Å². The number of rotatable bonds is 4. The molecule has 0 aromatic carbocycles. The highest BCUT2D eigenvalue weighted by Crippen LogP contribution is 2.20. The normalized spacial score (nSPS) is 25.2. The molecule has 90 valence electrons. The van der Waals surface area contributed by atoms with Crippen LogP contribution in [0.4, 0.5) is 0 Å². The summed E-state index contributed by atoms with van der Waals surface area (Å²) in [5.41, 5.74) is 0. The molecule has 4 heteroatoms. The lowest BCUT2D eigenvalue weighted by Gasteiger charge is -2.11. The van der Waals surface area contributed by atoms with Gasteiger partial charge in [-0.2, -0.15) is 5.10 Å². The minimum Gasteiger partial charge on any atom is -0.488 e. The summed E-state index contributed by atoms with van der Waals surface area (Å²) >= 11 is 0. The number of hydrogen-bond acceptors (Lipinski definition) is 3. The van der Waals surface area contributed by atoms with Gasteiger partial charge in [-0.3, -0.25) is 4.68 Å². The van der Waals surface area contributed by atoms with Crippen molar-refractivity contribution in [2.45, 2.75) is 51.9 Å². The molecule has 0 radical (unpaired) electrons. The standard InChI is InChI=1S/C12H20N2O2/c1-9(2)14-7-12(6-13-14)15-8-11-5-4-10(3)16-11/h6-7,9-11H,4-5,8H2,1-3H3. The Bertz CT molecular complexity index is 336. The van der Waals surface area contributed by atoms with Crippen molar-refractivity contribution < 1.29 is 9.47 Å². The van der Waals surface area contributed by atoms with E-state index in [2.05, 4.69) is 25.9 Å². The Kier molecular flexibility index (Phi) is 3.49. The van der Waals surface area contributed by atoms with E-state index in [-0.39, 0.29) is 6.10 Å². The molecular weight excluding hydrogens is 204 g/mol. The van der Waals surface area contributed by atoms with E-state index < -0.39 is 0 Å². The van der Waals surface area contributed by atoms with Crippen LogP contribution in [0.2, 0.25) is 0 Å². The maximum Gasteiger partial charge on any atom is 0.157 e. The van der Waals surface area contributed by atoms with Crippen LogP contribution in [0.5, 0.6) is 5.75 Å². The summed E-state index contributed by atoms with van der Waals surface area (Å²) < 4.78 is 13.2. The van der Waals surface area contributed by atoms with Gasteiger partial charge in [-0.15, -0.1) is 0 Å². The van der Waals surface area contributed by atoms with Gasteiger partial charge in [-0.05, 0) is 33.6 Å². The van der Waals surface area contributed by atoms with Crippen molar-refractivity contribution in [3.8, 4) is 5.75 Å². The third kappa shape index (κ3) is 2.76. The van der Waals surface area contributed by atoms with Crippen molar-refractivity contribution in [3.05, 3.63) is 12.4 Å². The predicted molar refractivity (Wildman–Crippen MR) is 61.7 cm³/mol. The third-order valence-corrected chi connectivity index (χ3v) is 2.86. The van der Waals surface area contributed by atoms with Gasteiger partial charge < -0.3 is 9.47 Å². The van der Waals surface area contributed by atoms with Gasteiger partial charge in [0.1, 0.15) is 6.61 Å². The summed E-state index contributed by atoms with van der Waals surface area (Å²) in [5, 5.41) is 4.23. The first-order valence-electron chi connectivity index (χ1n) is 5.97. The molecule has 0 bridgehead atoms. The summed E-state index contributed by atoms with van der Waals surface area (Å²) in [4.78, 5) is 0. The third-order valence-electron chi connectivity index (χ3n) is 2.86. The number of hydrogen-bond donors (Lipinski definition) is 0. The van der Waals surface area contributed by atoms with Crippen LogP contribution in [0.1, 0.15) is 39.7 Å². The largest absolute Gasteiger partial charge is 0.488 e. The minimum atomic E-state index is 0.248. The predicted octanol–water partition coefficient (Wildman–Crippen LogP) is 2.41. The van der Waals surface area contributed by atoms with Crippen molar-refractivity contribution in [3.63, 3.8) is 0 Å². The smallest absolute Gasteiger partial charge is 0.157 e. The summed E-state index contributed by atoms with van der Waals surface area (Å²) in [6, 6.07) is 0.375. The highest BCUT2D eigenvalue weighted by atomic mass is 16.5. The fourth-order valence-corrected chi connectivity index (χ4v) is 1.87. The van der Waals surface area contributed by atoms with Crippen LogP contribution >= 0.6 is 0 Å². The summed E-state index contributed by atoms with van der Waals surface area (Å²) in [6.07, 6.45) is 6.56. The van der Waals surface area contributed by atoms with Crippen LogP contribution in [0.3, 0.4) is 0 Å². The van der Waals surface area contributed by atoms with Crippen LogP contribution in [0, 0.1) is 0 Å². The van der Waals surface area contributed by atoms with Crippen molar-refractivity contribution in [1.29, 1.82) is 0 Å². The topological polar surface area (TPSA) is 36.3 Å². The monoisotopic (exact) mass is 224 g/mol. The summed E-state index contributed by atoms with van der Waals surface area (Å²) in [6.45, 7) is 6.93. The molecule has 0 aliphatic carbocycles.